The van der Waals surface area contributed by atoms with E-state index in [0.717, 1.165) is 20.5 Å². The highest BCUT2D eigenvalue weighted by Gasteiger charge is 2.15. The molecule has 0 unspecified atom stereocenters. The maximum atomic E-state index is 12.6. The van der Waals surface area contributed by atoms with Crippen molar-refractivity contribution >= 4 is 33.3 Å². The van der Waals surface area contributed by atoms with Crippen molar-refractivity contribution in [2.75, 3.05) is 14.2 Å². The normalized spacial score (nSPS) is 10.6. The summed E-state index contributed by atoms with van der Waals surface area (Å²) in [5.41, 5.74) is 1.46. The van der Waals surface area contributed by atoms with Gasteiger partial charge in [0.2, 0.25) is 0 Å². The van der Waals surface area contributed by atoms with E-state index in [1.165, 1.54) is 18.4 Å². The first-order valence-electron chi connectivity index (χ1n) is 7.50. The number of nitrogens with zero attached hydrogens (tertiary/aromatic N) is 1. The molecule has 1 amide bonds. The van der Waals surface area contributed by atoms with Crippen LogP contribution in [0.5, 0.6) is 0 Å². The highest BCUT2D eigenvalue weighted by molar-refractivity contribution is 7.20. The topological polar surface area (TPSA) is 46.6 Å². The van der Waals surface area contributed by atoms with Gasteiger partial charge in [0.1, 0.15) is 0 Å². The second kappa shape index (κ2) is 6.84. The smallest absolute Gasteiger partial charge is 0.337 e. The third-order valence-corrected chi connectivity index (χ3v) is 4.88. The molecule has 1 heterocycles. The Bertz CT molecular complexity index is 850. The Labute approximate surface area is 144 Å². The fourth-order valence-electron chi connectivity index (χ4n) is 2.49. The monoisotopic (exact) mass is 339 g/mol. The summed E-state index contributed by atoms with van der Waals surface area (Å²) in [6, 6.07) is 17.0. The summed E-state index contributed by atoms with van der Waals surface area (Å²) in [5, 5.41) is 1.08. The van der Waals surface area contributed by atoms with E-state index in [1.54, 1.807) is 24.1 Å². The summed E-state index contributed by atoms with van der Waals surface area (Å²) in [5.74, 6) is -0.371. The number of ether oxygens (including phenoxy) is 1. The minimum Gasteiger partial charge on any atom is -0.465 e. The second-order valence-electron chi connectivity index (χ2n) is 5.50. The molecule has 0 saturated heterocycles. The lowest BCUT2D eigenvalue weighted by Crippen LogP contribution is -2.25. The van der Waals surface area contributed by atoms with Gasteiger partial charge < -0.3 is 9.64 Å². The fourth-order valence-corrected chi connectivity index (χ4v) is 3.54. The third-order valence-electron chi connectivity index (χ3n) is 3.78. The molecule has 0 spiro atoms. The minimum atomic E-state index is -0.365. The van der Waals surface area contributed by atoms with E-state index in [-0.39, 0.29) is 11.9 Å². The maximum Gasteiger partial charge on any atom is 0.337 e. The zero-order valence-corrected chi connectivity index (χ0v) is 14.3. The summed E-state index contributed by atoms with van der Waals surface area (Å²) < 4.78 is 5.79. The molecule has 0 radical (unpaired) electrons. The zero-order chi connectivity index (χ0) is 17.1. The molecule has 24 heavy (non-hydrogen) atoms. The van der Waals surface area contributed by atoms with Gasteiger partial charge in [0.05, 0.1) is 17.6 Å². The Morgan fingerprint density at radius 1 is 1.08 bits per heavy atom. The van der Waals surface area contributed by atoms with Crippen molar-refractivity contribution in [3.05, 3.63) is 70.6 Å². The van der Waals surface area contributed by atoms with Crippen LogP contribution in [-0.2, 0) is 11.3 Å². The van der Waals surface area contributed by atoms with E-state index in [0.29, 0.717) is 12.1 Å². The average Bonchev–Trinajstić information content (AvgIpc) is 3.05. The lowest BCUT2D eigenvalue weighted by atomic mass is 10.1. The van der Waals surface area contributed by atoms with Crippen molar-refractivity contribution in [3.8, 4) is 0 Å². The first-order chi connectivity index (χ1) is 11.6. The molecule has 0 aliphatic heterocycles. The quantitative estimate of drug-likeness (QED) is 0.676. The Hall–Kier alpha value is -2.66. The number of rotatable bonds is 4. The first kappa shape index (κ1) is 16.2. The van der Waals surface area contributed by atoms with Gasteiger partial charge in [0, 0.05) is 18.3 Å². The van der Waals surface area contributed by atoms with Gasteiger partial charge in [-0.3, -0.25) is 4.79 Å². The van der Waals surface area contributed by atoms with Gasteiger partial charge in [-0.2, -0.15) is 0 Å². The van der Waals surface area contributed by atoms with E-state index in [1.807, 2.05) is 42.5 Å². The predicted octanol–water partition coefficient (Wildman–Crippen LogP) is 3.96. The van der Waals surface area contributed by atoms with Crippen LogP contribution in [0, 0.1) is 0 Å². The van der Waals surface area contributed by atoms with E-state index in [4.69, 9.17) is 0 Å². The van der Waals surface area contributed by atoms with Crippen LogP contribution in [-0.4, -0.2) is 30.9 Å². The summed E-state index contributed by atoms with van der Waals surface area (Å²) in [6.07, 6.45) is 0. The molecular formula is C19H17NO3S. The maximum absolute atomic E-state index is 12.6. The van der Waals surface area contributed by atoms with Crippen molar-refractivity contribution in [1.29, 1.82) is 0 Å². The summed E-state index contributed by atoms with van der Waals surface area (Å²) in [6.45, 7) is 0.481. The number of fused-ring (bicyclic) bond motifs is 1. The molecule has 4 nitrogen and oxygen atoms in total. The number of carbonyl (C=O) groups is 2. The molecule has 0 aliphatic rings. The van der Waals surface area contributed by atoms with Crippen molar-refractivity contribution in [2.24, 2.45) is 0 Å². The fraction of sp³-hybridized carbons (Fsp3) is 0.158. The van der Waals surface area contributed by atoms with Crippen molar-refractivity contribution in [3.63, 3.8) is 0 Å². The molecular weight excluding hydrogens is 322 g/mol. The molecule has 0 aliphatic carbocycles. The van der Waals surface area contributed by atoms with Crippen LogP contribution in [0.15, 0.2) is 54.6 Å². The van der Waals surface area contributed by atoms with Crippen LogP contribution < -0.4 is 0 Å². The van der Waals surface area contributed by atoms with Gasteiger partial charge in [-0.05, 0) is 35.2 Å². The Morgan fingerprint density at radius 2 is 1.79 bits per heavy atom. The van der Waals surface area contributed by atoms with Crippen LogP contribution in [0.1, 0.15) is 25.6 Å². The van der Waals surface area contributed by atoms with Gasteiger partial charge in [0.25, 0.3) is 5.91 Å². The number of benzene rings is 2. The first-order valence-corrected chi connectivity index (χ1v) is 8.31. The van der Waals surface area contributed by atoms with Gasteiger partial charge in [-0.1, -0.05) is 30.3 Å². The van der Waals surface area contributed by atoms with Crippen molar-refractivity contribution in [1.82, 2.24) is 4.90 Å². The highest BCUT2D eigenvalue weighted by Crippen LogP contribution is 2.26. The van der Waals surface area contributed by atoms with Crippen LogP contribution in [0.3, 0.4) is 0 Å². The number of thiophene rings is 1. The molecule has 3 aromatic rings. The minimum absolute atomic E-state index is 0.00626. The van der Waals surface area contributed by atoms with Crippen molar-refractivity contribution < 1.29 is 14.3 Å². The van der Waals surface area contributed by atoms with Gasteiger partial charge >= 0.3 is 5.97 Å². The molecule has 0 saturated carbocycles. The van der Waals surface area contributed by atoms with Crippen molar-refractivity contribution in [2.45, 2.75) is 6.54 Å². The lowest BCUT2D eigenvalue weighted by Gasteiger charge is -2.16. The highest BCUT2D eigenvalue weighted by atomic mass is 32.1. The number of hydrogen-bond acceptors (Lipinski definition) is 4. The van der Waals surface area contributed by atoms with E-state index in [9.17, 15) is 9.59 Å². The SMILES string of the molecule is COC(=O)c1ccc(CN(C)C(=O)c2cc3ccccc3s2)cc1. The predicted molar refractivity (Wildman–Crippen MR) is 95.4 cm³/mol. The molecule has 0 bridgehead atoms. The number of carbonyl (C=O) groups excluding carboxylic acids is 2. The van der Waals surface area contributed by atoms with Crippen LogP contribution in [0.2, 0.25) is 0 Å². The number of methoxy groups -OCH3 is 1. The van der Waals surface area contributed by atoms with E-state index in [2.05, 4.69) is 4.74 Å². The molecule has 5 heteroatoms. The molecule has 122 valence electrons. The van der Waals surface area contributed by atoms with Gasteiger partial charge in [-0.15, -0.1) is 11.3 Å². The summed E-state index contributed by atoms with van der Waals surface area (Å²) in [7, 11) is 3.13. The second-order valence-corrected chi connectivity index (χ2v) is 6.58. The zero-order valence-electron chi connectivity index (χ0n) is 13.5. The molecule has 0 atom stereocenters. The average molecular weight is 339 g/mol. The number of hydrogen-bond donors (Lipinski definition) is 0. The van der Waals surface area contributed by atoms with E-state index < -0.39 is 0 Å². The number of amides is 1. The number of esters is 1. The molecule has 0 N–H and O–H groups in total. The Morgan fingerprint density at radius 3 is 2.46 bits per heavy atom. The molecule has 0 fully saturated rings. The standard InChI is InChI=1S/C19H17NO3S/c1-20(12-13-7-9-14(10-8-13)19(22)23-2)18(21)17-11-15-5-3-4-6-16(15)24-17/h3-11H,12H2,1-2H3. The molecule has 3 rings (SSSR count). The Kier molecular flexibility index (Phi) is 4.62. The van der Waals surface area contributed by atoms with Crippen LogP contribution in [0.25, 0.3) is 10.1 Å². The van der Waals surface area contributed by atoms with Crippen LogP contribution >= 0.6 is 11.3 Å². The molecule has 2 aromatic carbocycles. The Balaban J connectivity index is 1.72. The van der Waals surface area contributed by atoms with Gasteiger partial charge in [0.15, 0.2) is 0 Å². The van der Waals surface area contributed by atoms with Gasteiger partial charge in [-0.25, -0.2) is 4.79 Å². The van der Waals surface area contributed by atoms with Crippen LogP contribution in [0.4, 0.5) is 0 Å². The molecule has 1 aromatic heterocycles. The third kappa shape index (κ3) is 3.31. The largest absolute Gasteiger partial charge is 0.465 e. The summed E-state index contributed by atoms with van der Waals surface area (Å²) in [4.78, 5) is 26.4. The van der Waals surface area contributed by atoms with E-state index >= 15 is 0 Å². The lowest BCUT2D eigenvalue weighted by molar-refractivity contribution is 0.0600. The summed E-state index contributed by atoms with van der Waals surface area (Å²) >= 11 is 1.50.